The molecule has 1 atom stereocenters. The Morgan fingerprint density at radius 1 is 1.36 bits per heavy atom. The normalized spacial score (nSPS) is 12.9. The Hall–Kier alpha value is -1.00. The predicted octanol–water partition coefficient (Wildman–Crippen LogP) is 2.19. The van der Waals surface area contributed by atoms with Gasteiger partial charge in [0.1, 0.15) is 0 Å². The Balaban J connectivity index is 3.16. The number of hydrogen-bond acceptors (Lipinski definition) is 2. The Kier molecular flexibility index (Phi) is 3.55. The second kappa shape index (κ2) is 4.48. The van der Waals surface area contributed by atoms with Crippen molar-refractivity contribution in [2.24, 2.45) is 5.84 Å². The average molecular weight is 200 g/mol. The zero-order valence-corrected chi connectivity index (χ0v) is 8.27. The van der Waals surface area contributed by atoms with E-state index in [1.54, 1.807) is 12.1 Å². The number of nitrogens with two attached hydrogens (primary N) is 1. The summed E-state index contributed by atoms with van der Waals surface area (Å²) in [5.41, 5.74) is 3.03. The fourth-order valence-electron chi connectivity index (χ4n) is 1.36. The van der Waals surface area contributed by atoms with E-state index in [4.69, 9.17) is 5.84 Å². The van der Waals surface area contributed by atoms with E-state index in [0.717, 1.165) is 0 Å². The van der Waals surface area contributed by atoms with E-state index in [-0.39, 0.29) is 11.6 Å². The molecule has 4 heteroatoms. The third-order valence-corrected chi connectivity index (χ3v) is 2.29. The molecule has 3 N–H and O–H groups in total. The first kappa shape index (κ1) is 11.1. The standard InChI is InChI=1S/C10H14F2N2/c1-3-8(14-13)7-5-4-6(2)9(11)10(7)12/h4-5,8,14H,3,13H2,1-2H3. The van der Waals surface area contributed by atoms with Crippen LogP contribution in [0.4, 0.5) is 8.78 Å². The molecule has 0 aliphatic carbocycles. The lowest BCUT2D eigenvalue weighted by Gasteiger charge is -2.15. The van der Waals surface area contributed by atoms with Crippen LogP contribution in [-0.4, -0.2) is 0 Å². The molecule has 0 aliphatic rings. The van der Waals surface area contributed by atoms with Crippen molar-refractivity contribution < 1.29 is 8.78 Å². The molecule has 0 aromatic heterocycles. The number of aryl methyl sites for hydroxylation is 1. The van der Waals surface area contributed by atoms with Gasteiger partial charge in [-0.1, -0.05) is 19.1 Å². The Labute approximate surface area is 82.1 Å². The van der Waals surface area contributed by atoms with Gasteiger partial charge in [0.2, 0.25) is 0 Å². The van der Waals surface area contributed by atoms with E-state index in [2.05, 4.69) is 5.43 Å². The van der Waals surface area contributed by atoms with Crippen LogP contribution in [0.5, 0.6) is 0 Å². The van der Waals surface area contributed by atoms with Crippen molar-refractivity contribution in [1.82, 2.24) is 5.43 Å². The first-order valence-electron chi connectivity index (χ1n) is 4.52. The largest absolute Gasteiger partial charge is 0.271 e. The summed E-state index contributed by atoms with van der Waals surface area (Å²) in [5, 5.41) is 0. The fraction of sp³-hybridized carbons (Fsp3) is 0.400. The highest BCUT2D eigenvalue weighted by Gasteiger charge is 2.16. The van der Waals surface area contributed by atoms with Gasteiger partial charge in [0.15, 0.2) is 11.6 Å². The predicted molar refractivity (Wildman–Crippen MR) is 51.5 cm³/mol. The fourth-order valence-corrected chi connectivity index (χ4v) is 1.36. The van der Waals surface area contributed by atoms with Crippen molar-refractivity contribution >= 4 is 0 Å². The lowest BCUT2D eigenvalue weighted by atomic mass is 10.0. The quantitative estimate of drug-likeness (QED) is 0.579. The lowest BCUT2D eigenvalue weighted by Crippen LogP contribution is -2.28. The van der Waals surface area contributed by atoms with Crippen LogP contribution in [0.25, 0.3) is 0 Å². The zero-order chi connectivity index (χ0) is 10.7. The van der Waals surface area contributed by atoms with E-state index in [1.807, 2.05) is 6.92 Å². The molecule has 0 fully saturated rings. The highest BCUT2D eigenvalue weighted by atomic mass is 19.2. The summed E-state index contributed by atoms with van der Waals surface area (Å²) in [4.78, 5) is 0. The molecule has 2 nitrogen and oxygen atoms in total. The van der Waals surface area contributed by atoms with Crippen molar-refractivity contribution in [1.29, 1.82) is 0 Å². The number of nitrogens with one attached hydrogen (secondary N) is 1. The molecular formula is C10H14F2N2. The number of hydrogen-bond donors (Lipinski definition) is 2. The SMILES string of the molecule is CCC(NN)c1ccc(C)c(F)c1F. The van der Waals surface area contributed by atoms with Crippen LogP contribution in [0, 0.1) is 18.6 Å². The maximum atomic E-state index is 13.4. The molecule has 1 unspecified atom stereocenters. The Morgan fingerprint density at radius 3 is 2.50 bits per heavy atom. The highest BCUT2D eigenvalue weighted by molar-refractivity contribution is 5.27. The van der Waals surface area contributed by atoms with E-state index >= 15 is 0 Å². The van der Waals surface area contributed by atoms with Crippen LogP contribution >= 0.6 is 0 Å². The van der Waals surface area contributed by atoms with Crippen LogP contribution in [0.3, 0.4) is 0 Å². The van der Waals surface area contributed by atoms with Gasteiger partial charge < -0.3 is 0 Å². The topological polar surface area (TPSA) is 38.0 Å². The second-order valence-electron chi connectivity index (χ2n) is 3.23. The molecule has 0 spiro atoms. The maximum Gasteiger partial charge on any atom is 0.163 e. The molecule has 1 aromatic carbocycles. The van der Waals surface area contributed by atoms with E-state index in [1.165, 1.54) is 6.92 Å². The van der Waals surface area contributed by atoms with Crippen molar-refractivity contribution in [3.05, 3.63) is 34.9 Å². The summed E-state index contributed by atoms with van der Waals surface area (Å²) >= 11 is 0. The monoisotopic (exact) mass is 200 g/mol. The van der Waals surface area contributed by atoms with E-state index in [9.17, 15) is 8.78 Å². The number of halogens is 2. The summed E-state index contributed by atoms with van der Waals surface area (Å²) in [6.07, 6.45) is 0.607. The molecule has 0 aliphatic heterocycles. The maximum absolute atomic E-state index is 13.4. The van der Waals surface area contributed by atoms with Gasteiger partial charge in [-0.25, -0.2) is 8.78 Å². The first-order chi connectivity index (χ1) is 6.61. The highest BCUT2D eigenvalue weighted by Crippen LogP contribution is 2.22. The average Bonchev–Trinajstić information content (AvgIpc) is 2.19. The van der Waals surface area contributed by atoms with Crippen LogP contribution in [-0.2, 0) is 0 Å². The third kappa shape index (κ3) is 1.91. The lowest BCUT2D eigenvalue weighted by molar-refractivity contribution is 0.457. The molecule has 0 amide bonds. The van der Waals surface area contributed by atoms with Crippen LogP contribution < -0.4 is 11.3 Å². The van der Waals surface area contributed by atoms with Gasteiger partial charge >= 0.3 is 0 Å². The molecule has 0 bridgehead atoms. The van der Waals surface area contributed by atoms with Crippen molar-refractivity contribution in [2.75, 3.05) is 0 Å². The molecule has 0 radical (unpaired) electrons. The summed E-state index contributed by atoms with van der Waals surface area (Å²) in [6, 6.07) is 2.76. The van der Waals surface area contributed by atoms with Gasteiger partial charge in [-0.3, -0.25) is 11.3 Å². The number of hydrazine groups is 1. The summed E-state index contributed by atoms with van der Waals surface area (Å²) in [6.45, 7) is 3.38. The molecule has 0 saturated heterocycles. The van der Waals surface area contributed by atoms with Gasteiger partial charge in [-0.05, 0) is 18.9 Å². The first-order valence-corrected chi connectivity index (χ1v) is 4.52. The van der Waals surface area contributed by atoms with Gasteiger partial charge in [-0.2, -0.15) is 0 Å². The van der Waals surface area contributed by atoms with E-state index in [0.29, 0.717) is 12.0 Å². The van der Waals surface area contributed by atoms with Crippen LogP contribution in [0.2, 0.25) is 0 Å². The van der Waals surface area contributed by atoms with Crippen molar-refractivity contribution in [2.45, 2.75) is 26.3 Å². The molecule has 14 heavy (non-hydrogen) atoms. The van der Waals surface area contributed by atoms with E-state index < -0.39 is 11.6 Å². The van der Waals surface area contributed by atoms with Gasteiger partial charge in [0.05, 0.1) is 0 Å². The Morgan fingerprint density at radius 2 is 2.00 bits per heavy atom. The van der Waals surface area contributed by atoms with Gasteiger partial charge in [0, 0.05) is 11.6 Å². The molecule has 0 saturated carbocycles. The van der Waals surface area contributed by atoms with Gasteiger partial charge in [-0.15, -0.1) is 0 Å². The van der Waals surface area contributed by atoms with Gasteiger partial charge in [0.25, 0.3) is 0 Å². The zero-order valence-electron chi connectivity index (χ0n) is 8.27. The minimum absolute atomic E-state index is 0.276. The second-order valence-corrected chi connectivity index (χ2v) is 3.23. The molecule has 0 heterocycles. The summed E-state index contributed by atoms with van der Waals surface area (Å²) in [7, 11) is 0. The molecule has 1 rings (SSSR count). The molecule has 78 valence electrons. The number of benzene rings is 1. The smallest absolute Gasteiger partial charge is 0.163 e. The molecule has 1 aromatic rings. The summed E-state index contributed by atoms with van der Waals surface area (Å²) < 4.78 is 26.6. The minimum atomic E-state index is -0.810. The molecular weight excluding hydrogens is 186 g/mol. The summed E-state index contributed by atoms with van der Waals surface area (Å²) in [5.74, 6) is 3.63. The third-order valence-electron chi connectivity index (χ3n) is 2.29. The van der Waals surface area contributed by atoms with Crippen LogP contribution in [0.15, 0.2) is 12.1 Å². The van der Waals surface area contributed by atoms with Crippen molar-refractivity contribution in [3.8, 4) is 0 Å². The van der Waals surface area contributed by atoms with Crippen LogP contribution in [0.1, 0.15) is 30.5 Å². The minimum Gasteiger partial charge on any atom is -0.271 e. The Bertz CT molecular complexity index is 322. The van der Waals surface area contributed by atoms with Crippen molar-refractivity contribution in [3.63, 3.8) is 0 Å². The number of rotatable bonds is 3.